The maximum absolute atomic E-state index is 3.69. The molecule has 2 rings (SSSR count). The number of piperidine rings is 1. The fourth-order valence-corrected chi connectivity index (χ4v) is 3.18. The maximum Gasteiger partial charge on any atom is 0.00979 e. The Hall–Kier alpha value is -0.0400. The minimum Gasteiger partial charge on any atom is -0.314 e. The molecule has 1 nitrogen and oxygen atoms in total. The Bertz CT molecular complexity index is 135. The molecule has 0 aromatic carbocycles. The molecule has 12 heavy (non-hydrogen) atoms. The Morgan fingerprint density at radius 3 is 2.92 bits per heavy atom. The molecule has 70 valence electrons. The lowest BCUT2D eigenvalue weighted by Crippen LogP contribution is -2.46. The minimum absolute atomic E-state index is 0.887. The normalized spacial score (nSPS) is 42.2. The lowest BCUT2D eigenvalue weighted by atomic mass is 9.71. The zero-order chi connectivity index (χ0) is 8.39. The number of hydrogen-bond donors (Lipinski definition) is 1. The van der Waals surface area contributed by atoms with E-state index < -0.39 is 0 Å². The van der Waals surface area contributed by atoms with Gasteiger partial charge in [-0.15, -0.1) is 0 Å². The van der Waals surface area contributed by atoms with Crippen LogP contribution in [0.5, 0.6) is 0 Å². The van der Waals surface area contributed by atoms with Gasteiger partial charge in [-0.1, -0.05) is 26.2 Å². The summed E-state index contributed by atoms with van der Waals surface area (Å²) in [5, 5.41) is 3.69. The first-order valence-corrected chi connectivity index (χ1v) is 5.65. The van der Waals surface area contributed by atoms with Crippen LogP contribution in [0, 0.1) is 11.8 Å². The minimum atomic E-state index is 0.887. The van der Waals surface area contributed by atoms with Crippen LogP contribution in [0.2, 0.25) is 0 Å². The fraction of sp³-hybridized carbons (Fsp3) is 1.00. The van der Waals surface area contributed by atoms with Crippen LogP contribution in [0.25, 0.3) is 0 Å². The van der Waals surface area contributed by atoms with Gasteiger partial charge in [0.1, 0.15) is 0 Å². The van der Waals surface area contributed by atoms with E-state index in [9.17, 15) is 0 Å². The van der Waals surface area contributed by atoms with Crippen molar-refractivity contribution in [2.75, 3.05) is 6.54 Å². The van der Waals surface area contributed by atoms with Crippen LogP contribution < -0.4 is 5.32 Å². The molecule has 0 bridgehead atoms. The summed E-state index contributed by atoms with van der Waals surface area (Å²) >= 11 is 0. The summed E-state index contributed by atoms with van der Waals surface area (Å²) in [6, 6.07) is 0.887. The molecule has 0 spiro atoms. The van der Waals surface area contributed by atoms with Gasteiger partial charge in [0.15, 0.2) is 0 Å². The van der Waals surface area contributed by atoms with Gasteiger partial charge >= 0.3 is 0 Å². The first-order valence-electron chi connectivity index (χ1n) is 5.65. The highest BCUT2D eigenvalue weighted by molar-refractivity contribution is 4.88. The summed E-state index contributed by atoms with van der Waals surface area (Å²) in [4.78, 5) is 0. The van der Waals surface area contributed by atoms with Crippen LogP contribution in [0.3, 0.4) is 0 Å². The largest absolute Gasteiger partial charge is 0.314 e. The number of rotatable bonds is 1. The van der Waals surface area contributed by atoms with Crippen LogP contribution in [0.4, 0.5) is 0 Å². The molecule has 1 heterocycles. The Morgan fingerprint density at radius 1 is 1.17 bits per heavy atom. The zero-order valence-electron chi connectivity index (χ0n) is 8.18. The Balaban J connectivity index is 1.99. The van der Waals surface area contributed by atoms with Gasteiger partial charge in [-0.25, -0.2) is 0 Å². The molecule has 3 atom stereocenters. The third kappa shape index (κ3) is 1.52. The third-order valence-electron chi connectivity index (χ3n) is 3.86. The summed E-state index contributed by atoms with van der Waals surface area (Å²) < 4.78 is 0. The molecular weight excluding hydrogens is 146 g/mol. The molecule has 1 N–H and O–H groups in total. The van der Waals surface area contributed by atoms with Crippen molar-refractivity contribution in [1.29, 1.82) is 0 Å². The highest BCUT2D eigenvalue weighted by Crippen LogP contribution is 2.36. The average molecular weight is 167 g/mol. The highest BCUT2D eigenvalue weighted by Gasteiger charge is 2.33. The number of fused-ring (bicyclic) bond motifs is 1. The van der Waals surface area contributed by atoms with Crippen LogP contribution in [0.15, 0.2) is 0 Å². The van der Waals surface area contributed by atoms with Gasteiger partial charge in [0.25, 0.3) is 0 Å². The van der Waals surface area contributed by atoms with Crippen LogP contribution >= 0.6 is 0 Å². The quantitative estimate of drug-likeness (QED) is 0.633. The van der Waals surface area contributed by atoms with Gasteiger partial charge in [-0.3, -0.25) is 0 Å². The molecule has 0 aromatic rings. The molecule has 1 aliphatic carbocycles. The molecule has 0 aromatic heterocycles. The van der Waals surface area contributed by atoms with Crippen molar-refractivity contribution >= 4 is 0 Å². The van der Waals surface area contributed by atoms with Crippen molar-refractivity contribution < 1.29 is 0 Å². The van der Waals surface area contributed by atoms with Gasteiger partial charge in [-0.2, -0.15) is 0 Å². The van der Waals surface area contributed by atoms with E-state index in [4.69, 9.17) is 0 Å². The van der Waals surface area contributed by atoms with Gasteiger partial charge < -0.3 is 5.32 Å². The van der Waals surface area contributed by atoms with Crippen molar-refractivity contribution in [2.45, 2.75) is 51.5 Å². The second-order valence-electron chi connectivity index (χ2n) is 4.47. The smallest absolute Gasteiger partial charge is 0.00979 e. The molecule has 1 saturated carbocycles. The molecule has 0 amide bonds. The Morgan fingerprint density at radius 2 is 2.08 bits per heavy atom. The SMILES string of the molecule is CCC1CCCC2NCCCC12. The highest BCUT2D eigenvalue weighted by atomic mass is 14.9. The van der Waals surface area contributed by atoms with Gasteiger partial charge in [0.05, 0.1) is 0 Å². The van der Waals surface area contributed by atoms with E-state index in [1.54, 1.807) is 0 Å². The van der Waals surface area contributed by atoms with E-state index >= 15 is 0 Å². The molecule has 2 fully saturated rings. The van der Waals surface area contributed by atoms with E-state index in [0.717, 1.165) is 17.9 Å². The van der Waals surface area contributed by atoms with E-state index in [2.05, 4.69) is 12.2 Å². The summed E-state index contributed by atoms with van der Waals surface area (Å²) in [5.74, 6) is 2.06. The second kappa shape index (κ2) is 3.78. The fourth-order valence-electron chi connectivity index (χ4n) is 3.18. The Labute approximate surface area is 75.9 Å². The van der Waals surface area contributed by atoms with Crippen molar-refractivity contribution in [3.63, 3.8) is 0 Å². The molecule has 0 radical (unpaired) electrons. The van der Waals surface area contributed by atoms with Crippen molar-refractivity contribution in [3.8, 4) is 0 Å². The number of hydrogen-bond acceptors (Lipinski definition) is 1. The van der Waals surface area contributed by atoms with Gasteiger partial charge in [0.2, 0.25) is 0 Å². The third-order valence-corrected chi connectivity index (χ3v) is 3.86. The first-order chi connectivity index (χ1) is 5.92. The van der Waals surface area contributed by atoms with Gasteiger partial charge in [0, 0.05) is 6.04 Å². The van der Waals surface area contributed by atoms with E-state index in [-0.39, 0.29) is 0 Å². The molecule has 1 heteroatoms. The van der Waals surface area contributed by atoms with E-state index in [1.807, 2.05) is 0 Å². The molecule has 2 aliphatic rings. The molecular formula is C11H21N. The predicted molar refractivity (Wildman–Crippen MR) is 52.1 cm³/mol. The number of nitrogens with one attached hydrogen (secondary N) is 1. The summed E-state index contributed by atoms with van der Waals surface area (Å²) in [7, 11) is 0. The standard InChI is InChI=1S/C11H21N/c1-2-9-5-3-7-11-10(9)6-4-8-12-11/h9-12H,2-8H2,1H3. The summed E-state index contributed by atoms with van der Waals surface area (Å²) in [6.45, 7) is 3.64. The monoisotopic (exact) mass is 167 g/mol. The van der Waals surface area contributed by atoms with Crippen LogP contribution in [-0.4, -0.2) is 12.6 Å². The van der Waals surface area contributed by atoms with Crippen molar-refractivity contribution in [3.05, 3.63) is 0 Å². The van der Waals surface area contributed by atoms with Gasteiger partial charge in [-0.05, 0) is 37.6 Å². The lowest BCUT2D eigenvalue weighted by molar-refractivity contribution is 0.135. The van der Waals surface area contributed by atoms with E-state index in [0.29, 0.717) is 0 Å². The summed E-state index contributed by atoms with van der Waals surface area (Å²) in [6.07, 6.45) is 8.73. The Kier molecular flexibility index (Phi) is 2.69. The maximum atomic E-state index is 3.69. The molecule has 1 aliphatic heterocycles. The van der Waals surface area contributed by atoms with Crippen molar-refractivity contribution in [1.82, 2.24) is 5.32 Å². The van der Waals surface area contributed by atoms with E-state index in [1.165, 1.54) is 45.1 Å². The summed E-state index contributed by atoms with van der Waals surface area (Å²) in [5.41, 5.74) is 0. The predicted octanol–water partition coefficient (Wildman–Crippen LogP) is 2.56. The second-order valence-corrected chi connectivity index (χ2v) is 4.47. The molecule has 1 saturated heterocycles. The van der Waals surface area contributed by atoms with Crippen LogP contribution in [-0.2, 0) is 0 Å². The van der Waals surface area contributed by atoms with Crippen LogP contribution in [0.1, 0.15) is 45.4 Å². The zero-order valence-corrected chi connectivity index (χ0v) is 8.18. The topological polar surface area (TPSA) is 12.0 Å². The lowest BCUT2D eigenvalue weighted by Gasteiger charge is -2.41. The molecule has 3 unspecified atom stereocenters. The van der Waals surface area contributed by atoms with Crippen molar-refractivity contribution in [2.24, 2.45) is 11.8 Å². The average Bonchev–Trinajstić information content (AvgIpc) is 2.17. The first kappa shape index (κ1) is 8.55.